The van der Waals surface area contributed by atoms with Crippen molar-refractivity contribution in [1.82, 2.24) is 0 Å². The molecular weight excluding hydrogens is 324 g/mol. The molecule has 0 N–H and O–H groups in total. The van der Waals surface area contributed by atoms with E-state index in [0.717, 1.165) is 33.9 Å². The van der Waals surface area contributed by atoms with Gasteiger partial charge in [0, 0.05) is 5.56 Å². The molecule has 0 saturated heterocycles. The number of hydrogen-bond donors (Lipinski definition) is 0. The van der Waals surface area contributed by atoms with Gasteiger partial charge in [0.25, 0.3) is 0 Å². The van der Waals surface area contributed by atoms with Gasteiger partial charge in [-0.1, -0.05) is 66.7 Å². The molecule has 132 valence electrons. The molecule has 0 atom stereocenters. The van der Waals surface area contributed by atoms with Gasteiger partial charge in [-0.15, -0.1) is 0 Å². The highest BCUT2D eigenvalue weighted by Gasteiger charge is 2.09. The van der Waals surface area contributed by atoms with E-state index in [-0.39, 0.29) is 0 Å². The SMILES string of the molecule is COc1ccc(/C=C/c2cccc(OC)c2OCc2ccccc2)cc1. The smallest absolute Gasteiger partial charge is 0.168 e. The lowest BCUT2D eigenvalue weighted by molar-refractivity contribution is 0.284. The lowest BCUT2D eigenvalue weighted by Crippen LogP contribution is -1.99. The number of methoxy groups -OCH3 is 2. The van der Waals surface area contributed by atoms with Crippen LogP contribution in [0, 0.1) is 0 Å². The minimum absolute atomic E-state index is 0.491. The van der Waals surface area contributed by atoms with Crippen molar-refractivity contribution in [3.63, 3.8) is 0 Å². The molecule has 0 saturated carbocycles. The molecule has 0 aliphatic rings. The number of rotatable bonds is 7. The van der Waals surface area contributed by atoms with Gasteiger partial charge in [0.15, 0.2) is 11.5 Å². The summed E-state index contributed by atoms with van der Waals surface area (Å²) in [6.45, 7) is 0.491. The van der Waals surface area contributed by atoms with Crippen molar-refractivity contribution in [3.8, 4) is 17.2 Å². The van der Waals surface area contributed by atoms with E-state index in [1.165, 1.54) is 0 Å². The highest BCUT2D eigenvalue weighted by atomic mass is 16.5. The first kappa shape index (κ1) is 17.6. The maximum absolute atomic E-state index is 6.07. The van der Waals surface area contributed by atoms with Crippen molar-refractivity contribution in [1.29, 1.82) is 0 Å². The van der Waals surface area contributed by atoms with E-state index in [4.69, 9.17) is 14.2 Å². The van der Waals surface area contributed by atoms with Crippen LogP contribution in [-0.2, 0) is 6.61 Å². The van der Waals surface area contributed by atoms with Crippen molar-refractivity contribution in [2.45, 2.75) is 6.61 Å². The highest BCUT2D eigenvalue weighted by Crippen LogP contribution is 2.33. The van der Waals surface area contributed by atoms with Gasteiger partial charge in [-0.2, -0.15) is 0 Å². The summed E-state index contributed by atoms with van der Waals surface area (Å²) < 4.78 is 16.7. The summed E-state index contributed by atoms with van der Waals surface area (Å²) in [5.41, 5.74) is 3.17. The lowest BCUT2D eigenvalue weighted by atomic mass is 10.1. The molecule has 0 aliphatic heterocycles. The second kappa shape index (κ2) is 8.77. The third kappa shape index (κ3) is 4.45. The molecule has 0 radical (unpaired) electrons. The Hall–Kier alpha value is -3.20. The number of ether oxygens (including phenoxy) is 3. The van der Waals surface area contributed by atoms with Crippen molar-refractivity contribution >= 4 is 12.2 Å². The topological polar surface area (TPSA) is 27.7 Å². The van der Waals surface area contributed by atoms with Crippen LogP contribution < -0.4 is 14.2 Å². The molecule has 3 nitrogen and oxygen atoms in total. The summed E-state index contributed by atoms with van der Waals surface area (Å²) in [5, 5.41) is 0. The minimum atomic E-state index is 0.491. The van der Waals surface area contributed by atoms with Crippen molar-refractivity contribution in [2.24, 2.45) is 0 Å². The zero-order valence-electron chi connectivity index (χ0n) is 15.0. The molecule has 0 spiro atoms. The third-order valence-corrected chi connectivity index (χ3v) is 4.03. The number of hydrogen-bond acceptors (Lipinski definition) is 3. The van der Waals surface area contributed by atoms with Gasteiger partial charge < -0.3 is 14.2 Å². The summed E-state index contributed by atoms with van der Waals surface area (Å²) in [6, 6.07) is 23.9. The fraction of sp³-hybridized carbons (Fsp3) is 0.130. The monoisotopic (exact) mass is 346 g/mol. The molecule has 0 aliphatic carbocycles. The van der Waals surface area contributed by atoms with Crippen LogP contribution in [0.3, 0.4) is 0 Å². The van der Waals surface area contributed by atoms with E-state index in [2.05, 4.69) is 0 Å². The zero-order valence-corrected chi connectivity index (χ0v) is 15.0. The Balaban J connectivity index is 1.82. The van der Waals surface area contributed by atoms with Crippen LogP contribution in [0.15, 0.2) is 72.8 Å². The summed E-state index contributed by atoms with van der Waals surface area (Å²) >= 11 is 0. The molecule has 26 heavy (non-hydrogen) atoms. The minimum Gasteiger partial charge on any atom is -0.497 e. The predicted octanol–water partition coefficient (Wildman–Crippen LogP) is 5.45. The van der Waals surface area contributed by atoms with Crippen molar-refractivity contribution in [2.75, 3.05) is 14.2 Å². The second-order valence-corrected chi connectivity index (χ2v) is 5.76. The first-order valence-corrected chi connectivity index (χ1v) is 8.46. The van der Waals surface area contributed by atoms with Crippen molar-refractivity contribution in [3.05, 3.63) is 89.5 Å². The summed E-state index contributed by atoms with van der Waals surface area (Å²) in [4.78, 5) is 0. The van der Waals surface area contributed by atoms with Gasteiger partial charge in [-0.25, -0.2) is 0 Å². The van der Waals surface area contributed by atoms with Crippen LogP contribution >= 0.6 is 0 Å². The summed E-state index contributed by atoms with van der Waals surface area (Å²) in [6.07, 6.45) is 4.08. The van der Waals surface area contributed by atoms with Gasteiger partial charge >= 0.3 is 0 Å². The van der Waals surface area contributed by atoms with Crippen LogP contribution in [0.4, 0.5) is 0 Å². The molecule has 0 fully saturated rings. The molecule has 3 heteroatoms. The molecule has 0 heterocycles. The van der Waals surface area contributed by atoms with E-state index in [1.54, 1.807) is 14.2 Å². The normalized spacial score (nSPS) is 10.7. The largest absolute Gasteiger partial charge is 0.497 e. The molecule has 0 amide bonds. The quantitative estimate of drug-likeness (QED) is 0.532. The molecule has 3 aromatic carbocycles. The van der Waals surface area contributed by atoms with E-state index in [9.17, 15) is 0 Å². The average Bonchev–Trinajstić information content (AvgIpc) is 2.72. The Morgan fingerprint density at radius 2 is 1.50 bits per heavy atom. The molecule has 3 aromatic rings. The van der Waals surface area contributed by atoms with Crippen LogP contribution in [0.2, 0.25) is 0 Å². The third-order valence-electron chi connectivity index (χ3n) is 4.03. The van der Waals surface area contributed by atoms with Crippen LogP contribution in [0.25, 0.3) is 12.2 Å². The predicted molar refractivity (Wildman–Crippen MR) is 106 cm³/mol. The number of para-hydroxylation sites is 1. The fourth-order valence-corrected chi connectivity index (χ4v) is 2.61. The van der Waals surface area contributed by atoms with E-state index >= 15 is 0 Å². The highest BCUT2D eigenvalue weighted by molar-refractivity contribution is 5.74. The standard InChI is InChI=1S/C23H22O3/c1-24-21-15-12-18(13-16-21)11-14-20-9-6-10-22(25-2)23(20)26-17-19-7-4-3-5-8-19/h3-16H,17H2,1-2H3/b14-11+. The van der Waals surface area contributed by atoms with Crippen LogP contribution in [0.5, 0.6) is 17.2 Å². The Kier molecular flexibility index (Phi) is 5.94. The molecule has 0 unspecified atom stereocenters. The lowest BCUT2D eigenvalue weighted by Gasteiger charge is -2.13. The molecule has 0 aromatic heterocycles. The zero-order chi connectivity index (χ0) is 18.2. The average molecular weight is 346 g/mol. The first-order valence-electron chi connectivity index (χ1n) is 8.46. The summed E-state index contributed by atoms with van der Waals surface area (Å²) in [7, 11) is 3.32. The molecular formula is C23H22O3. The molecule has 3 rings (SSSR count). The van der Waals surface area contributed by atoms with Gasteiger partial charge in [0.1, 0.15) is 12.4 Å². The Labute approximate surface area is 154 Å². The van der Waals surface area contributed by atoms with E-state index in [1.807, 2.05) is 84.9 Å². The number of benzene rings is 3. The van der Waals surface area contributed by atoms with E-state index < -0.39 is 0 Å². The first-order chi connectivity index (χ1) is 12.8. The van der Waals surface area contributed by atoms with Gasteiger partial charge in [-0.05, 0) is 29.3 Å². The second-order valence-electron chi connectivity index (χ2n) is 5.76. The van der Waals surface area contributed by atoms with Gasteiger partial charge in [0.05, 0.1) is 14.2 Å². The van der Waals surface area contributed by atoms with Gasteiger partial charge in [-0.3, -0.25) is 0 Å². The maximum Gasteiger partial charge on any atom is 0.168 e. The van der Waals surface area contributed by atoms with E-state index in [0.29, 0.717) is 6.61 Å². The maximum atomic E-state index is 6.07. The molecule has 0 bridgehead atoms. The van der Waals surface area contributed by atoms with Crippen molar-refractivity contribution < 1.29 is 14.2 Å². The Morgan fingerprint density at radius 3 is 2.19 bits per heavy atom. The van der Waals surface area contributed by atoms with Crippen LogP contribution in [0.1, 0.15) is 16.7 Å². The van der Waals surface area contributed by atoms with Gasteiger partial charge in [0.2, 0.25) is 0 Å². The Morgan fingerprint density at radius 1 is 0.731 bits per heavy atom. The van der Waals surface area contributed by atoms with Crippen LogP contribution in [-0.4, -0.2) is 14.2 Å². The Bertz CT molecular complexity index is 852. The summed E-state index contributed by atoms with van der Waals surface area (Å²) in [5.74, 6) is 2.30. The fourth-order valence-electron chi connectivity index (χ4n) is 2.61.